The van der Waals surface area contributed by atoms with Crippen molar-refractivity contribution < 1.29 is 19.5 Å². The molecule has 1 heterocycles. The monoisotopic (exact) mass is 293 g/mol. The molecule has 0 amide bonds. The molecule has 0 atom stereocenters. The third kappa shape index (κ3) is 3.34. The molecule has 1 aliphatic rings. The molecule has 0 fully saturated rings. The first-order chi connectivity index (χ1) is 9.62. The number of rotatable bonds is 4. The topological polar surface area (TPSA) is 62.2 Å². The lowest BCUT2D eigenvalue weighted by Crippen LogP contribution is -2.53. The number of fused-ring (bicyclic) bond motifs is 1. The molecule has 0 bridgehead atoms. The molecule has 6 heteroatoms. The van der Waals surface area contributed by atoms with Gasteiger partial charge >= 0.3 is 7.12 Å². The van der Waals surface area contributed by atoms with Gasteiger partial charge in [-0.25, -0.2) is 0 Å². The van der Waals surface area contributed by atoms with E-state index < -0.39 is 18.3 Å². The Hall–Kier alpha value is -1.24. The normalized spacial score (nSPS) is 15.5. The predicted molar refractivity (Wildman–Crippen MR) is 84.3 cm³/mol. The van der Waals surface area contributed by atoms with Gasteiger partial charge in [-0.05, 0) is 45.3 Å². The highest BCUT2D eigenvalue weighted by Gasteiger charge is 2.39. The minimum absolute atomic E-state index is 0.642. The smallest absolute Gasteiger partial charge is 0.490 e. The number of nitrogens with zero attached hydrogens (tertiary/aromatic N) is 1. The van der Waals surface area contributed by atoms with E-state index >= 15 is 0 Å². The number of hydrogen-bond acceptors (Lipinski definition) is 5. The highest BCUT2D eigenvalue weighted by Crippen LogP contribution is 2.30. The van der Waals surface area contributed by atoms with Crippen LogP contribution in [0.1, 0.15) is 27.7 Å². The first kappa shape index (κ1) is 16.1. The van der Waals surface area contributed by atoms with Crippen LogP contribution in [0.5, 0.6) is 5.75 Å². The van der Waals surface area contributed by atoms with Gasteiger partial charge in [-0.2, -0.15) is 0 Å². The summed E-state index contributed by atoms with van der Waals surface area (Å²) in [6.45, 7) is 8.30. The minimum atomic E-state index is -1.10. The van der Waals surface area contributed by atoms with Crippen LogP contribution in [0, 0.1) is 0 Å². The molecule has 2 rings (SSSR count). The Labute approximate surface area is 126 Å². The van der Waals surface area contributed by atoms with Crippen LogP contribution < -0.4 is 15.1 Å². The summed E-state index contributed by atoms with van der Waals surface area (Å²) < 4.78 is 11.2. The lowest BCUT2D eigenvalue weighted by atomic mass is 9.76. The molecule has 0 saturated carbocycles. The zero-order valence-electron chi connectivity index (χ0n) is 13.4. The van der Waals surface area contributed by atoms with Crippen molar-refractivity contribution >= 4 is 18.3 Å². The molecule has 116 valence electrons. The van der Waals surface area contributed by atoms with E-state index in [9.17, 15) is 10.1 Å². The van der Waals surface area contributed by atoms with E-state index in [-0.39, 0.29) is 0 Å². The fourth-order valence-electron chi connectivity index (χ4n) is 2.01. The lowest BCUT2D eigenvalue weighted by Gasteiger charge is -2.38. The van der Waals surface area contributed by atoms with Gasteiger partial charge < -0.3 is 24.4 Å². The van der Waals surface area contributed by atoms with Crippen LogP contribution in [0.2, 0.25) is 0 Å². The maximum Gasteiger partial charge on any atom is 0.491 e. The second kappa shape index (κ2) is 5.52. The van der Waals surface area contributed by atoms with Gasteiger partial charge in [0, 0.05) is 7.05 Å². The molecular formula is C15H24BNO4. The fraction of sp³-hybridized carbons (Fsp3) is 0.600. The average Bonchev–Trinajstić information content (AvgIpc) is 2.37. The van der Waals surface area contributed by atoms with E-state index in [1.54, 1.807) is 33.8 Å². The molecule has 1 aromatic rings. The molecular weight excluding hydrogens is 269 g/mol. The summed E-state index contributed by atoms with van der Waals surface area (Å²) in [5.74, 6) is 0.807. The van der Waals surface area contributed by atoms with Crippen molar-refractivity contribution in [1.82, 2.24) is 0 Å². The second-order valence-electron chi connectivity index (χ2n) is 6.54. The van der Waals surface area contributed by atoms with Gasteiger partial charge in [0.25, 0.3) is 0 Å². The van der Waals surface area contributed by atoms with Crippen LogP contribution in [0.3, 0.4) is 0 Å². The second-order valence-corrected chi connectivity index (χ2v) is 6.54. The molecule has 0 spiro atoms. The molecule has 0 unspecified atom stereocenters. The highest BCUT2D eigenvalue weighted by atomic mass is 16.5. The maximum atomic E-state index is 10.3. The van der Waals surface area contributed by atoms with E-state index in [0.717, 1.165) is 18.0 Å². The molecule has 21 heavy (non-hydrogen) atoms. The van der Waals surface area contributed by atoms with Crippen molar-refractivity contribution in [3.8, 4) is 5.75 Å². The van der Waals surface area contributed by atoms with Gasteiger partial charge in [-0.15, -0.1) is 0 Å². The average molecular weight is 293 g/mol. The number of ether oxygens (including phenoxy) is 1. The summed E-state index contributed by atoms with van der Waals surface area (Å²) in [4.78, 5) is 2.08. The Morgan fingerprint density at radius 3 is 2.57 bits per heavy atom. The predicted octanol–water partition coefficient (Wildman–Crippen LogP) is 0.769. The van der Waals surface area contributed by atoms with Crippen molar-refractivity contribution in [2.45, 2.75) is 38.9 Å². The highest BCUT2D eigenvalue weighted by molar-refractivity contribution is 6.60. The van der Waals surface area contributed by atoms with Gasteiger partial charge in [0.15, 0.2) is 0 Å². The Bertz CT molecular complexity index is 513. The Balaban J connectivity index is 2.21. The molecule has 0 saturated heterocycles. The SMILES string of the molecule is CN1CCOc2ccc(B(O)OC(C)(C)C(C)(C)O)cc21. The van der Waals surface area contributed by atoms with Crippen LogP contribution in [0.4, 0.5) is 5.69 Å². The van der Waals surface area contributed by atoms with Crippen molar-refractivity contribution in [2.24, 2.45) is 0 Å². The minimum Gasteiger partial charge on any atom is -0.490 e. The standard InChI is InChI=1S/C15H24BNO4/c1-14(2,18)15(3,4)21-16(19)11-6-7-13-12(10-11)17(5)8-9-20-13/h6-7,10,18-19H,8-9H2,1-5H3. The van der Waals surface area contributed by atoms with E-state index in [4.69, 9.17) is 9.39 Å². The van der Waals surface area contributed by atoms with Gasteiger partial charge in [0.2, 0.25) is 0 Å². The molecule has 0 radical (unpaired) electrons. The summed E-state index contributed by atoms with van der Waals surface area (Å²) in [5.41, 5.74) is -0.377. The lowest BCUT2D eigenvalue weighted by molar-refractivity contribution is -0.0982. The van der Waals surface area contributed by atoms with Gasteiger partial charge in [-0.3, -0.25) is 0 Å². The number of likely N-dealkylation sites (N-methyl/N-ethyl adjacent to an activating group) is 1. The van der Waals surface area contributed by atoms with Crippen LogP contribution in [-0.4, -0.2) is 48.7 Å². The van der Waals surface area contributed by atoms with Gasteiger partial charge in [-0.1, -0.05) is 6.07 Å². The molecule has 1 aromatic carbocycles. The molecule has 5 nitrogen and oxygen atoms in total. The molecule has 1 aliphatic heterocycles. The zero-order chi connectivity index (χ0) is 15.8. The number of benzene rings is 1. The third-order valence-corrected chi connectivity index (χ3v) is 4.24. The first-order valence-corrected chi connectivity index (χ1v) is 7.18. The Morgan fingerprint density at radius 2 is 1.95 bits per heavy atom. The summed E-state index contributed by atoms with van der Waals surface area (Å²) in [5, 5.41) is 20.4. The van der Waals surface area contributed by atoms with E-state index in [1.165, 1.54) is 0 Å². The van der Waals surface area contributed by atoms with Crippen LogP contribution in [-0.2, 0) is 4.65 Å². The maximum absolute atomic E-state index is 10.3. The van der Waals surface area contributed by atoms with Crippen LogP contribution in [0.25, 0.3) is 0 Å². The van der Waals surface area contributed by atoms with Crippen LogP contribution in [0.15, 0.2) is 18.2 Å². The third-order valence-electron chi connectivity index (χ3n) is 4.24. The molecule has 0 aromatic heterocycles. The van der Waals surface area contributed by atoms with Crippen LogP contribution >= 0.6 is 0 Å². The van der Waals surface area contributed by atoms with Crippen molar-refractivity contribution in [3.63, 3.8) is 0 Å². The summed E-state index contributed by atoms with van der Waals surface area (Å²) >= 11 is 0. The quantitative estimate of drug-likeness (QED) is 0.803. The molecule has 0 aliphatic carbocycles. The first-order valence-electron chi connectivity index (χ1n) is 7.18. The van der Waals surface area contributed by atoms with Crippen molar-refractivity contribution in [1.29, 1.82) is 0 Å². The summed E-state index contributed by atoms with van der Waals surface area (Å²) in [6.07, 6.45) is 0. The van der Waals surface area contributed by atoms with E-state index in [0.29, 0.717) is 12.1 Å². The van der Waals surface area contributed by atoms with Crippen molar-refractivity contribution in [2.75, 3.05) is 25.1 Å². The van der Waals surface area contributed by atoms with E-state index in [1.807, 2.05) is 19.2 Å². The Morgan fingerprint density at radius 1 is 1.29 bits per heavy atom. The fourth-order valence-corrected chi connectivity index (χ4v) is 2.01. The van der Waals surface area contributed by atoms with Crippen molar-refractivity contribution in [3.05, 3.63) is 18.2 Å². The van der Waals surface area contributed by atoms with E-state index in [2.05, 4.69) is 4.90 Å². The number of anilines is 1. The van der Waals surface area contributed by atoms with Gasteiger partial charge in [0.05, 0.1) is 23.4 Å². The Kier molecular flexibility index (Phi) is 4.24. The largest absolute Gasteiger partial charge is 0.491 e. The number of aliphatic hydroxyl groups is 1. The zero-order valence-corrected chi connectivity index (χ0v) is 13.4. The molecule has 2 N–H and O–H groups in total. The number of hydrogen-bond donors (Lipinski definition) is 2. The summed E-state index contributed by atoms with van der Waals surface area (Å²) in [7, 11) is 0.881. The summed E-state index contributed by atoms with van der Waals surface area (Å²) in [6, 6.07) is 5.48. The van der Waals surface area contributed by atoms with Gasteiger partial charge in [0.1, 0.15) is 12.4 Å².